The standard InChI is InChI=1S/C39H33N3/c1-38(2)33-22-14-13-20-30(33)32-25-28(23-24-34(32)39(38,3)4)29-19-11-12-21-31(29)37-41-35(26-15-7-5-8-16-26)40-36(42-37)27-17-9-6-10-18-27/h5-25H,1-4H3. The smallest absolute Gasteiger partial charge is 0.164 e. The summed E-state index contributed by atoms with van der Waals surface area (Å²) in [5, 5.41) is 0. The third kappa shape index (κ3) is 4.16. The molecule has 204 valence electrons. The van der Waals surface area contributed by atoms with Crippen LogP contribution in [0.5, 0.6) is 0 Å². The third-order valence-electron chi connectivity index (χ3n) is 9.32. The Morgan fingerprint density at radius 2 is 0.810 bits per heavy atom. The highest BCUT2D eigenvalue weighted by Gasteiger charge is 2.45. The topological polar surface area (TPSA) is 38.7 Å². The minimum atomic E-state index is -0.0296. The van der Waals surface area contributed by atoms with E-state index in [-0.39, 0.29) is 10.8 Å². The molecule has 0 unspecified atom stereocenters. The van der Waals surface area contributed by atoms with Crippen molar-refractivity contribution in [3.8, 4) is 56.4 Å². The van der Waals surface area contributed by atoms with Gasteiger partial charge in [-0.3, -0.25) is 0 Å². The van der Waals surface area contributed by atoms with Crippen LogP contribution in [0.1, 0.15) is 38.8 Å². The fourth-order valence-electron chi connectivity index (χ4n) is 6.27. The van der Waals surface area contributed by atoms with E-state index in [1.54, 1.807) is 0 Å². The van der Waals surface area contributed by atoms with E-state index in [2.05, 4.69) is 94.4 Å². The molecule has 3 heteroatoms. The lowest BCUT2D eigenvalue weighted by Gasteiger charge is -2.48. The van der Waals surface area contributed by atoms with Crippen molar-refractivity contribution in [2.24, 2.45) is 0 Å². The second kappa shape index (κ2) is 9.88. The summed E-state index contributed by atoms with van der Waals surface area (Å²) in [5.41, 5.74) is 10.5. The molecule has 0 spiro atoms. The largest absolute Gasteiger partial charge is 0.208 e. The first-order valence-electron chi connectivity index (χ1n) is 14.6. The molecule has 1 aliphatic carbocycles. The number of benzene rings is 5. The molecule has 0 fully saturated rings. The summed E-state index contributed by atoms with van der Waals surface area (Å²) in [6.07, 6.45) is 0. The van der Waals surface area contributed by atoms with Crippen LogP contribution in [0.2, 0.25) is 0 Å². The van der Waals surface area contributed by atoms with E-state index in [0.717, 1.165) is 27.8 Å². The zero-order chi connectivity index (χ0) is 28.9. The van der Waals surface area contributed by atoms with Crippen molar-refractivity contribution >= 4 is 0 Å². The van der Waals surface area contributed by atoms with Crippen LogP contribution in [0, 0.1) is 0 Å². The predicted molar refractivity (Wildman–Crippen MR) is 173 cm³/mol. The van der Waals surface area contributed by atoms with Crippen molar-refractivity contribution in [3.63, 3.8) is 0 Å². The van der Waals surface area contributed by atoms with Crippen molar-refractivity contribution in [2.75, 3.05) is 0 Å². The van der Waals surface area contributed by atoms with Crippen LogP contribution in [-0.4, -0.2) is 15.0 Å². The fraction of sp³-hybridized carbons (Fsp3) is 0.154. The van der Waals surface area contributed by atoms with E-state index in [0.29, 0.717) is 17.5 Å². The monoisotopic (exact) mass is 543 g/mol. The highest BCUT2D eigenvalue weighted by Crippen LogP contribution is 2.54. The molecular weight excluding hydrogens is 510 g/mol. The van der Waals surface area contributed by atoms with Gasteiger partial charge in [0.15, 0.2) is 17.5 Å². The maximum Gasteiger partial charge on any atom is 0.164 e. The average Bonchev–Trinajstić information content (AvgIpc) is 3.04. The van der Waals surface area contributed by atoms with Gasteiger partial charge in [-0.05, 0) is 50.3 Å². The molecule has 1 heterocycles. The number of fused-ring (bicyclic) bond motifs is 3. The number of nitrogens with zero attached hydrogens (tertiary/aromatic N) is 3. The van der Waals surface area contributed by atoms with Gasteiger partial charge in [-0.15, -0.1) is 0 Å². The van der Waals surface area contributed by atoms with Gasteiger partial charge in [0.05, 0.1) is 0 Å². The average molecular weight is 544 g/mol. The van der Waals surface area contributed by atoms with Crippen LogP contribution in [0.3, 0.4) is 0 Å². The van der Waals surface area contributed by atoms with Crippen LogP contribution in [0.25, 0.3) is 56.4 Å². The van der Waals surface area contributed by atoms with E-state index >= 15 is 0 Å². The van der Waals surface area contributed by atoms with Gasteiger partial charge in [0.2, 0.25) is 0 Å². The Morgan fingerprint density at radius 3 is 1.40 bits per heavy atom. The number of hydrogen-bond acceptors (Lipinski definition) is 3. The predicted octanol–water partition coefficient (Wildman–Crippen LogP) is 9.78. The number of aromatic nitrogens is 3. The minimum Gasteiger partial charge on any atom is -0.208 e. The molecule has 1 aromatic heterocycles. The molecule has 1 aliphatic rings. The van der Waals surface area contributed by atoms with E-state index in [4.69, 9.17) is 15.0 Å². The molecule has 0 saturated heterocycles. The molecule has 0 amide bonds. The summed E-state index contributed by atoms with van der Waals surface area (Å²) in [7, 11) is 0. The lowest BCUT2D eigenvalue weighted by Crippen LogP contribution is -2.43. The third-order valence-corrected chi connectivity index (χ3v) is 9.32. The van der Waals surface area contributed by atoms with Crippen molar-refractivity contribution in [1.82, 2.24) is 15.0 Å². The van der Waals surface area contributed by atoms with Crippen molar-refractivity contribution < 1.29 is 0 Å². The van der Waals surface area contributed by atoms with Crippen LogP contribution in [-0.2, 0) is 10.8 Å². The SMILES string of the molecule is CC1(C)c2ccccc2-c2cc(-c3ccccc3-c3nc(-c4ccccc4)nc(-c4ccccc4)n3)ccc2C1(C)C. The lowest BCUT2D eigenvalue weighted by atomic mass is 9.55. The van der Waals surface area contributed by atoms with Crippen LogP contribution < -0.4 is 0 Å². The normalized spacial score (nSPS) is 14.6. The zero-order valence-corrected chi connectivity index (χ0v) is 24.5. The van der Waals surface area contributed by atoms with Crippen LogP contribution >= 0.6 is 0 Å². The van der Waals surface area contributed by atoms with Crippen LogP contribution in [0.15, 0.2) is 127 Å². The van der Waals surface area contributed by atoms with Gasteiger partial charge in [0.1, 0.15) is 0 Å². The van der Waals surface area contributed by atoms with Gasteiger partial charge in [-0.1, -0.05) is 149 Å². The molecular formula is C39H33N3. The minimum absolute atomic E-state index is 0.00255. The zero-order valence-electron chi connectivity index (χ0n) is 24.5. The first-order chi connectivity index (χ1) is 20.3. The lowest BCUT2D eigenvalue weighted by molar-refractivity contribution is 0.299. The van der Waals surface area contributed by atoms with E-state index < -0.39 is 0 Å². The second-order valence-electron chi connectivity index (χ2n) is 12.1. The fourth-order valence-corrected chi connectivity index (χ4v) is 6.27. The molecule has 0 aliphatic heterocycles. The molecule has 6 aromatic rings. The van der Waals surface area contributed by atoms with Gasteiger partial charge in [0, 0.05) is 16.7 Å². The first-order valence-corrected chi connectivity index (χ1v) is 14.6. The quantitative estimate of drug-likeness (QED) is 0.222. The maximum atomic E-state index is 5.03. The summed E-state index contributed by atoms with van der Waals surface area (Å²) in [6, 6.07) is 44.6. The molecule has 42 heavy (non-hydrogen) atoms. The van der Waals surface area contributed by atoms with Crippen molar-refractivity contribution in [1.29, 1.82) is 0 Å². The molecule has 0 atom stereocenters. The summed E-state index contributed by atoms with van der Waals surface area (Å²) in [4.78, 5) is 14.9. The van der Waals surface area contributed by atoms with Crippen LogP contribution in [0.4, 0.5) is 0 Å². The summed E-state index contributed by atoms with van der Waals surface area (Å²) in [6.45, 7) is 9.48. The van der Waals surface area contributed by atoms with Crippen molar-refractivity contribution in [2.45, 2.75) is 38.5 Å². The molecule has 7 rings (SSSR count). The number of rotatable bonds is 4. The summed E-state index contributed by atoms with van der Waals surface area (Å²) < 4.78 is 0. The van der Waals surface area contributed by atoms with Crippen molar-refractivity contribution in [3.05, 3.63) is 139 Å². The van der Waals surface area contributed by atoms with E-state index in [1.807, 2.05) is 60.7 Å². The summed E-state index contributed by atoms with van der Waals surface area (Å²) in [5.74, 6) is 1.99. The molecule has 0 saturated carbocycles. The molecule has 0 bridgehead atoms. The second-order valence-corrected chi connectivity index (χ2v) is 12.1. The van der Waals surface area contributed by atoms with Gasteiger partial charge in [-0.2, -0.15) is 0 Å². The first kappa shape index (κ1) is 26.0. The van der Waals surface area contributed by atoms with Gasteiger partial charge < -0.3 is 0 Å². The number of hydrogen-bond donors (Lipinski definition) is 0. The van der Waals surface area contributed by atoms with Gasteiger partial charge in [-0.25, -0.2) is 15.0 Å². The summed E-state index contributed by atoms with van der Waals surface area (Å²) >= 11 is 0. The Hall–Kier alpha value is -4.89. The highest BCUT2D eigenvalue weighted by molar-refractivity contribution is 5.87. The van der Waals surface area contributed by atoms with Gasteiger partial charge in [0.25, 0.3) is 0 Å². The molecule has 3 nitrogen and oxygen atoms in total. The Labute approximate surface area is 248 Å². The molecule has 0 radical (unpaired) electrons. The van der Waals surface area contributed by atoms with E-state index in [9.17, 15) is 0 Å². The molecule has 0 N–H and O–H groups in total. The van der Waals surface area contributed by atoms with E-state index in [1.165, 1.54) is 22.3 Å². The Morgan fingerprint density at radius 1 is 0.357 bits per heavy atom. The Balaban J connectivity index is 1.43. The maximum absolute atomic E-state index is 5.03. The Bertz CT molecular complexity index is 1860. The highest BCUT2D eigenvalue weighted by atomic mass is 15.0. The molecule has 5 aromatic carbocycles. The van der Waals surface area contributed by atoms with Gasteiger partial charge >= 0.3 is 0 Å². The Kier molecular flexibility index (Phi) is 6.13.